The van der Waals surface area contributed by atoms with Gasteiger partial charge in [-0.3, -0.25) is 9.10 Å². The number of nitrogens with zero attached hydrogens (tertiary/aromatic N) is 1. The number of ether oxygens (including phenoxy) is 1. The first-order valence-corrected chi connectivity index (χ1v) is 11.4. The number of benzene rings is 2. The molecule has 1 aliphatic heterocycles. The summed E-state index contributed by atoms with van der Waals surface area (Å²) in [6.07, 6.45) is 2.57. The molecule has 156 valence electrons. The molecule has 0 fully saturated rings. The van der Waals surface area contributed by atoms with Crippen LogP contribution in [0.5, 0.6) is 0 Å². The van der Waals surface area contributed by atoms with Crippen molar-refractivity contribution in [3.8, 4) is 0 Å². The van der Waals surface area contributed by atoms with Crippen LogP contribution in [0.2, 0.25) is 0 Å². The fourth-order valence-corrected chi connectivity index (χ4v) is 4.89. The first kappa shape index (κ1) is 21.3. The zero-order valence-electron chi connectivity index (χ0n) is 16.9. The van der Waals surface area contributed by atoms with Crippen LogP contribution < -0.4 is 9.62 Å². The molecule has 1 amide bonds. The summed E-state index contributed by atoms with van der Waals surface area (Å²) in [5.41, 5.74) is 2.22. The van der Waals surface area contributed by atoms with Crippen molar-refractivity contribution in [3.05, 3.63) is 59.7 Å². The lowest BCUT2D eigenvalue weighted by Crippen LogP contribution is -2.35. The van der Waals surface area contributed by atoms with Gasteiger partial charge in [-0.05, 0) is 69.0 Å². The summed E-state index contributed by atoms with van der Waals surface area (Å²) >= 11 is 0. The third-order valence-electron chi connectivity index (χ3n) is 4.83. The van der Waals surface area contributed by atoms with Gasteiger partial charge in [0.1, 0.15) is 0 Å². The highest BCUT2D eigenvalue weighted by atomic mass is 32.2. The van der Waals surface area contributed by atoms with E-state index in [1.54, 1.807) is 12.1 Å². The topological polar surface area (TPSA) is 75.7 Å². The first-order chi connectivity index (χ1) is 13.9. The number of sulfonamides is 1. The summed E-state index contributed by atoms with van der Waals surface area (Å²) in [6.45, 7) is 5.50. The van der Waals surface area contributed by atoms with Crippen molar-refractivity contribution in [1.82, 2.24) is 5.32 Å². The second-order valence-electron chi connectivity index (χ2n) is 7.36. The monoisotopic (exact) mass is 416 g/mol. The predicted molar refractivity (Wildman–Crippen MR) is 114 cm³/mol. The molecule has 2 aromatic rings. The Bertz CT molecular complexity index is 940. The van der Waals surface area contributed by atoms with E-state index in [2.05, 4.69) is 5.32 Å². The van der Waals surface area contributed by atoms with Crippen LogP contribution in [-0.4, -0.2) is 40.1 Å². The summed E-state index contributed by atoms with van der Waals surface area (Å²) < 4.78 is 33.2. The number of nitrogens with one attached hydrogen (secondary N) is 1. The number of amides is 1. The maximum Gasteiger partial charge on any atom is 0.264 e. The highest BCUT2D eigenvalue weighted by Gasteiger charge is 2.28. The Balaban J connectivity index is 1.66. The lowest BCUT2D eigenvalue weighted by molar-refractivity contribution is 0.0757. The molecule has 0 atom stereocenters. The van der Waals surface area contributed by atoms with Crippen LogP contribution in [-0.2, 0) is 21.2 Å². The molecule has 0 unspecified atom stereocenters. The maximum atomic E-state index is 13.1. The largest absolute Gasteiger partial charge is 0.379 e. The minimum Gasteiger partial charge on any atom is -0.379 e. The van der Waals surface area contributed by atoms with Gasteiger partial charge in [-0.25, -0.2) is 8.42 Å². The van der Waals surface area contributed by atoms with Gasteiger partial charge in [0, 0.05) is 25.3 Å². The molecule has 1 heterocycles. The van der Waals surface area contributed by atoms with Gasteiger partial charge < -0.3 is 10.1 Å². The van der Waals surface area contributed by atoms with Crippen molar-refractivity contribution in [3.63, 3.8) is 0 Å². The quantitative estimate of drug-likeness (QED) is 0.670. The van der Waals surface area contributed by atoms with Crippen LogP contribution in [0.1, 0.15) is 42.6 Å². The minimum absolute atomic E-state index is 0.173. The molecular weight excluding hydrogens is 388 g/mol. The summed E-state index contributed by atoms with van der Waals surface area (Å²) in [5, 5.41) is 2.83. The summed E-state index contributed by atoms with van der Waals surface area (Å²) in [6, 6.07) is 13.7. The zero-order valence-corrected chi connectivity index (χ0v) is 17.7. The molecule has 0 bridgehead atoms. The average Bonchev–Trinajstić information content (AvgIpc) is 2.72. The Kier molecular flexibility index (Phi) is 6.92. The molecule has 0 aliphatic carbocycles. The Labute approximate surface area is 172 Å². The molecule has 2 aromatic carbocycles. The van der Waals surface area contributed by atoms with E-state index in [0.717, 1.165) is 30.5 Å². The average molecular weight is 417 g/mol. The Morgan fingerprint density at radius 2 is 1.86 bits per heavy atom. The van der Waals surface area contributed by atoms with Gasteiger partial charge >= 0.3 is 0 Å². The smallest absolute Gasteiger partial charge is 0.264 e. The van der Waals surface area contributed by atoms with Crippen LogP contribution in [0, 0.1) is 0 Å². The van der Waals surface area contributed by atoms with E-state index in [9.17, 15) is 13.2 Å². The van der Waals surface area contributed by atoms with Gasteiger partial charge in [-0.1, -0.05) is 18.2 Å². The highest BCUT2D eigenvalue weighted by Crippen LogP contribution is 2.31. The molecule has 0 aromatic heterocycles. The fraction of sp³-hybridized carbons (Fsp3) is 0.409. The van der Waals surface area contributed by atoms with Crippen molar-refractivity contribution in [2.75, 3.05) is 24.0 Å². The Morgan fingerprint density at radius 1 is 1.14 bits per heavy atom. The molecule has 3 rings (SSSR count). The van der Waals surface area contributed by atoms with Crippen molar-refractivity contribution in [1.29, 1.82) is 0 Å². The Morgan fingerprint density at radius 3 is 2.59 bits per heavy atom. The molecule has 0 radical (unpaired) electrons. The van der Waals surface area contributed by atoms with E-state index in [4.69, 9.17) is 4.74 Å². The summed E-state index contributed by atoms with van der Waals surface area (Å²) in [4.78, 5) is 12.4. The third kappa shape index (κ3) is 5.16. The van der Waals surface area contributed by atoms with Crippen LogP contribution in [0.25, 0.3) is 0 Å². The second kappa shape index (κ2) is 9.41. The lowest BCUT2D eigenvalue weighted by atomic mass is 10.0. The van der Waals surface area contributed by atoms with Gasteiger partial charge in [0.25, 0.3) is 15.9 Å². The maximum absolute atomic E-state index is 13.1. The van der Waals surface area contributed by atoms with Crippen molar-refractivity contribution >= 4 is 21.6 Å². The van der Waals surface area contributed by atoms with Gasteiger partial charge in [-0.2, -0.15) is 0 Å². The fourth-order valence-electron chi connectivity index (χ4n) is 3.35. The molecule has 0 saturated carbocycles. The summed E-state index contributed by atoms with van der Waals surface area (Å²) in [5.74, 6) is -0.221. The number of fused-ring (bicyclic) bond motifs is 1. The van der Waals surface area contributed by atoms with Crippen molar-refractivity contribution in [2.24, 2.45) is 0 Å². The van der Waals surface area contributed by atoms with E-state index < -0.39 is 10.0 Å². The van der Waals surface area contributed by atoms with E-state index in [1.807, 2.05) is 38.1 Å². The molecule has 6 nitrogen and oxygen atoms in total. The number of hydrogen-bond acceptors (Lipinski definition) is 4. The number of carbonyl (C=O) groups excluding carboxylic acids is 1. The molecular formula is C22H28N2O4S. The number of carbonyl (C=O) groups is 1. The van der Waals surface area contributed by atoms with E-state index >= 15 is 0 Å². The zero-order chi connectivity index (χ0) is 20.9. The predicted octanol–water partition coefficient (Wildman–Crippen LogP) is 3.37. The van der Waals surface area contributed by atoms with E-state index in [1.165, 1.54) is 16.4 Å². The number of rotatable bonds is 8. The Hall–Kier alpha value is -2.38. The second-order valence-corrected chi connectivity index (χ2v) is 9.23. The molecule has 1 N–H and O–H groups in total. The lowest BCUT2D eigenvalue weighted by Gasteiger charge is -2.30. The first-order valence-electron chi connectivity index (χ1n) is 10.00. The molecule has 0 spiro atoms. The number of aryl methyl sites for hydroxylation is 1. The molecule has 7 heteroatoms. The van der Waals surface area contributed by atoms with Crippen LogP contribution >= 0.6 is 0 Å². The van der Waals surface area contributed by atoms with Gasteiger partial charge in [0.2, 0.25) is 0 Å². The van der Waals surface area contributed by atoms with E-state index in [0.29, 0.717) is 25.3 Å². The van der Waals surface area contributed by atoms with Crippen LogP contribution in [0.4, 0.5) is 5.69 Å². The van der Waals surface area contributed by atoms with Crippen molar-refractivity contribution in [2.45, 2.75) is 44.1 Å². The number of anilines is 1. The van der Waals surface area contributed by atoms with Crippen LogP contribution in [0.15, 0.2) is 53.4 Å². The molecule has 1 aliphatic rings. The number of hydrogen-bond donors (Lipinski definition) is 1. The standard InChI is InChI=1S/C22H28N2O4S/c1-17(2)28-16-6-14-23-22(25)19-10-12-20(13-11-19)29(26,27)24-15-5-8-18-7-3-4-9-21(18)24/h3-4,7,9-13,17H,5-6,8,14-16H2,1-2H3,(H,23,25). The van der Waals surface area contributed by atoms with Gasteiger partial charge in [0.15, 0.2) is 0 Å². The van der Waals surface area contributed by atoms with Crippen molar-refractivity contribution < 1.29 is 17.9 Å². The van der Waals surface area contributed by atoms with E-state index in [-0.39, 0.29) is 16.9 Å². The molecule has 29 heavy (non-hydrogen) atoms. The number of para-hydroxylation sites is 1. The SMILES string of the molecule is CC(C)OCCCNC(=O)c1ccc(S(=O)(=O)N2CCCc3ccccc32)cc1. The van der Waals surface area contributed by atoms with Gasteiger partial charge in [-0.15, -0.1) is 0 Å². The molecule has 0 saturated heterocycles. The highest BCUT2D eigenvalue weighted by molar-refractivity contribution is 7.92. The van der Waals surface area contributed by atoms with Gasteiger partial charge in [0.05, 0.1) is 16.7 Å². The normalized spacial score (nSPS) is 14.0. The summed E-state index contributed by atoms with van der Waals surface area (Å²) in [7, 11) is -3.67. The third-order valence-corrected chi connectivity index (χ3v) is 6.66. The minimum atomic E-state index is -3.67. The van der Waals surface area contributed by atoms with Crippen LogP contribution in [0.3, 0.4) is 0 Å².